The van der Waals surface area contributed by atoms with Gasteiger partial charge in [-0.25, -0.2) is 0 Å². The molecular weight excluding hydrogens is 254 g/mol. The summed E-state index contributed by atoms with van der Waals surface area (Å²) in [7, 11) is 1.95. The molecule has 0 radical (unpaired) electrons. The van der Waals surface area contributed by atoms with Gasteiger partial charge in [0.15, 0.2) is 0 Å². The monoisotopic (exact) mass is 269 g/mol. The maximum Gasteiger partial charge on any atom is 0.0931 e. The summed E-state index contributed by atoms with van der Waals surface area (Å²) in [5.74, 6) is 0. The van der Waals surface area contributed by atoms with Gasteiger partial charge in [0, 0.05) is 23.7 Å². The van der Waals surface area contributed by atoms with Crippen LogP contribution in [0.1, 0.15) is 29.1 Å². The van der Waals surface area contributed by atoms with E-state index in [1.54, 1.807) is 11.3 Å². The molecule has 0 aromatic carbocycles. The second-order valence-electron chi connectivity index (χ2n) is 3.98. The number of rotatable bonds is 4. The molecule has 0 amide bonds. The average Bonchev–Trinajstić information content (AvgIpc) is 2.82. The minimum atomic E-state index is 0.186. The van der Waals surface area contributed by atoms with Crippen molar-refractivity contribution in [3.05, 3.63) is 38.8 Å². The minimum absolute atomic E-state index is 0.186. The Balaban J connectivity index is 2.38. The molecular formula is C12H16ClN3S. The molecule has 0 spiro atoms. The fraction of sp³-hybridized carbons (Fsp3) is 0.417. The van der Waals surface area contributed by atoms with Crippen LogP contribution in [-0.4, -0.2) is 16.3 Å². The molecule has 0 saturated carbocycles. The van der Waals surface area contributed by atoms with E-state index in [9.17, 15) is 0 Å². The highest BCUT2D eigenvalue weighted by molar-refractivity contribution is 7.16. The first-order valence-electron chi connectivity index (χ1n) is 5.60. The Morgan fingerprint density at radius 2 is 2.29 bits per heavy atom. The highest BCUT2D eigenvalue weighted by Gasteiger charge is 2.19. The zero-order chi connectivity index (χ0) is 12.4. The van der Waals surface area contributed by atoms with Crippen molar-refractivity contribution in [3.63, 3.8) is 0 Å². The molecule has 1 unspecified atom stereocenters. The highest BCUT2D eigenvalue weighted by Crippen LogP contribution is 2.31. The topological polar surface area (TPSA) is 29.9 Å². The predicted molar refractivity (Wildman–Crippen MR) is 72.8 cm³/mol. The summed E-state index contributed by atoms with van der Waals surface area (Å²) in [5.41, 5.74) is 2.27. The molecule has 3 nitrogen and oxygen atoms in total. The third kappa shape index (κ3) is 2.70. The molecule has 2 aromatic heterocycles. The van der Waals surface area contributed by atoms with Crippen molar-refractivity contribution in [2.75, 3.05) is 6.54 Å². The Bertz CT molecular complexity index is 504. The molecule has 92 valence electrons. The predicted octanol–water partition coefficient (Wildman–Crippen LogP) is 3.14. The molecule has 1 N–H and O–H groups in total. The number of hydrogen-bond donors (Lipinski definition) is 1. The lowest BCUT2D eigenvalue weighted by Gasteiger charge is -2.15. The van der Waals surface area contributed by atoms with Gasteiger partial charge >= 0.3 is 0 Å². The number of aryl methyl sites for hydroxylation is 2. The lowest BCUT2D eigenvalue weighted by molar-refractivity contribution is 0.636. The first-order chi connectivity index (χ1) is 8.11. The van der Waals surface area contributed by atoms with Gasteiger partial charge in [-0.15, -0.1) is 11.3 Å². The van der Waals surface area contributed by atoms with E-state index in [4.69, 9.17) is 11.6 Å². The average molecular weight is 270 g/mol. The van der Waals surface area contributed by atoms with E-state index in [2.05, 4.69) is 29.6 Å². The van der Waals surface area contributed by atoms with Crippen LogP contribution in [-0.2, 0) is 7.05 Å². The van der Waals surface area contributed by atoms with Gasteiger partial charge in [-0.2, -0.15) is 5.10 Å². The van der Waals surface area contributed by atoms with Crippen LogP contribution in [0.3, 0.4) is 0 Å². The fourth-order valence-electron chi connectivity index (χ4n) is 1.95. The van der Waals surface area contributed by atoms with E-state index in [-0.39, 0.29) is 6.04 Å². The van der Waals surface area contributed by atoms with Crippen molar-refractivity contribution in [1.82, 2.24) is 15.1 Å². The zero-order valence-corrected chi connectivity index (χ0v) is 11.8. The van der Waals surface area contributed by atoms with Crippen molar-refractivity contribution < 1.29 is 0 Å². The molecule has 2 rings (SSSR count). The molecule has 0 bridgehead atoms. The van der Waals surface area contributed by atoms with Crippen LogP contribution in [0.2, 0.25) is 4.34 Å². The van der Waals surface area contributed by atoms with Gasteiger partial charge < -0.3 is 5.32 Å². The molecule has 2 aromatic rings. The Hall–Kier alpha value is -0.840. The summed E-state index contributed by atoms with van der Waals surface area (Å²) in [5, 5.41) is 7.88. The molecule has 0 aliphatic rings. The first-order valence-corrected chi connectivity index (χ1v) is 6.80. The molecule has 5 heteroatoms. The highest BCUT2D eigenvalue weighted by atomic mass is 35.5. The number of nitrogens with one attached hydrogen (secondary N) is 1. The summed E-state index contributed by atoms with van der Waals surface area (Å²) in [6, 6.07) is 4.20. The van der Waals surface area contributed by atoms with Crippen LogP contribution in [0.4, 0.5) is 0 Å². The number of halogens is 1. The van der Waals surface area contributed by atoms with Crippen LogP contribution < -0.4 is 5.32 Å². The van der Waals surface area contributed by atoms with Crippen molar-refractivity contribution in [3.8, 4) is 0 Å². The smallest absolute Gasteiger partial charge is 0.0931 e. The van der Waals surface area contributed by atoms with E-state index in [0.717, 1.165) is 16.6 Å². The van der Waals surface area contributed by atoms with Crippen molar-refractivity contribution in [1.29, 1.82) is 0 Å². The van der Waals surface area contributed by atoms with Crippen LogP contribution in [0, 0.1) is 6.92 Å². The summed E-state index contributed by atoms with van der Waals surface area (Å²) < 4.78 is 2.67. The van der Waals surface area contributed by atoms with E-state index in [1.165, 1.54) is 10.4 Å². The Morgan fingerprint density at radius 3 is 2.76 bits per heavy atom. The van der Waals surface area contributed by atoms with Crippen LogP contribution in [0.25, 0.3) is 0 Å². The van der Waals surface area contributed by atoms with Crippen LogP contribution in [0.5, 0.6) is 0 Å². The third-order valence-corrected chi connectivity index (χ3v) is 3.95. The molecule has 17 heavy (non-hydrogen) atoms. The standard InChI is InChI=1S/C12H16ClN3S/c1-4-14-12(10-5-6-11(13)17-10)9-7-16(3)15-8(9)2/h5-7,12,14H,4H2,1-3H3. The Morgan fingerprint density at radius 1 is 1.53 bits per heavy atom. The van der Waals surface area contributed by atoms with Gasteiger partial charge in [0.25, 0.3) is 0 Å². The van der Waals surface area contributed by atoms with Gasteiger partial charge in [0.2, 0.25) is 0 Å². The first kappa shape index (κ1) is 12.6. The lowest BCUT2D eigenvalue weighted by Crippen LogP contribution is -2.21. The lowest BCUT2D eigenvalue weighted by atomic mass is 10.1. The van der Waals surface area contributed by atoms with E-state index in [0.29, 0.717) is 0 Å². The second kappa shape index (κ2) is 5.21. The fourth-order valence-corrected chi connectivity index (χ4v) is 3.11. The summed E-state index contributed by atoms with van der Waals surface area (Å²) in [6.07, 6.45) is 2.07. The molecule has 2 heterocycles. The summed E-state index contributed by atoms with van der Waals surface area (Å²) >= 11 is 7.62. The van der Waals surface area contributed by atoms with Gasteiger partial charge in [0.1, 0.15) is 0 Å². The molecule has 0 fully saturated rings. The molecule has 0 aliphatic heterocycles. The molecule has 0 aliphatic carbocycles. The minimum Gasteiger partial charge on any atom is -0.306 e. The SMILES string of the molecule is CCNC(c1ccc(Cl)s1)c1cn(C)nc1C. The van der Waals surface area contributed by atoms with E-state index in [1.807, 2.05) is 24.7 Å². The van der Waals surface area contributed by atoms with E-state index >= 15 is 0 Å². The van der Waals surface area contributed by atoms with Gasteiger partial charge in [-0.05, 0) is 25.6 Å². The van der Waals surface area contributed by atoms with Crippen LogP contribution in [0.15, 0.2) is 18.3 Å². The Labute approximate surface area is 110 Å². The van der Waals surface area contributed by atoms with E-state index < -0.39 is 0 Å². The summed E-state index contributed by atoms with van der Waals surface area (Å²) in [6.45, 7) is 5.05. The largest absolute Gasteiger partial charge is 0.306 e. The maximum absolute atomic E-state index is 6.01. The van der Waals surface area contributed by atoms with Crippen molar-refractivity contribution in [2.45, 2.75) is 19.9 Å². The van der Waals surface area contributed by atoms with Gasteiger partial charge in [0.05, 0.1) is 16.1 Å². The third-order valence-electron chi connectivity index (χ3n) is 2.65. The number of aromatic nitrogens is 2. The molecule has 1 atom stereocenters. The number of nitrogens with zero attached hydrogens (tertiary/aromatic N) is 2. The van der Waals surface area contributed by atoms with Crippen LogP contribution >= 0.6 is 22.9 Å². The quantitative estimate of drug-likeness (QED) is 0.924. The second-order valence-corrected chi connectivity index (χ2v) is 5.72. The number of hydrogen-bond acceptors (Lipinski definition) is 3. The van der Waals surface area contributed by atoms with Crippen molar-refractivity contribution >= 4 is 22.9 Å². The normalized spacial score (nSPS) is 12.9. The zero-order valence-electron chi connectivity index (χ0n) is 10.2. The maximum atomic E-state index is 6.01. The Kier molecular flexibility index (Phi) is 3.86. The summed E-state index contributed by atoms with van der Waals surface area (Å²) in [4.78, 5) is 1.23. The number of thiophene rings is 1. The van der Waals surface area contributed by atoms with Gasteiger partial charge in [-0.1, -0.05) is 18.5 Å². The van der Waals surface area contributed by atoms with Crippen molar-refractivity contribution in [2.24, 2.45) is 7.05 Å². The van der Waals surface area contributed by atoms with Gasteiger partial charge in [-0.3, -0.25) is 4.68 Å². The molecule has 0 saturated heterocycles.